The van der Waals surface area contributed by atoms with E-state index in [4.69, 9.17) is 4.74 Å². The minimum atomic E-state index is -0.0290. The number of benzene rings is 1. The number of imidazole rings is 1. The van der Waals surface area contributed by atoms with Gasteiger partial charge in [0, 0.05) is 37.6 Å². The number of hydrogen-bond acceptors (Lipinski definition) is 4. The van der Waals surface area contributed by atoms with Crippen molar-refractivity contribution in [1.29, 1.82) is 0 Å². The number of carbonyl (C=O) groups excluding carboxylic acids is 1. The fourth-order valence-corrected chi connectivity index (χ4v) is 3.78. The van der Waals surface area contributed by atoms with Crippen molar-refractivity contribution in [2.24, 2.45) is 7.05 Å². The minimum Gasteiger partial charge on any atom is -0.368 e. The molecule has 4 rings (SSSR count). The molecular formula is C23H29N5O2. The standard InChI is InChI=1S/C23H29N5O2/c1-15-7-8-18(10-16(15)2)20-11-21(26-25-20)23(29)28-9-5-6-19(13-28)30-14-22-24-12-17(3)27(22)4/h7-8,10-12,19H,5-6,9,13-14H2,1-4H3,(H,25,26). The number of hydrogen-bond donors (Lipinski definition) is 1. The fourth-order valence-electron chi connectivity index (χ4n) is 3.78. The third-order valence-corrected chi connectivity index (χ3v) is 6.04. The summed E-state index contributed by atoms with van der Waals surface area (Å²) in [5.41, 5.74) is 5.87. The highest BCUT2D eigenvalue weighted by Gasteiger charge is 2.26. The molecule has 0 spiro atoms. The summed E-state index contributed by atoms with van der Waals surface area (Å²) in [6, 6.07) is 8.06. The molecule has 1 aliphatic rings. The topological polar surface area (TPSA) is 76.0 Å². The van der Waals surface area contributed by atoms with Crippen LogP contribution < -0.4 is 0 Å². The SMILES string of the molecule is Cc1ccc(-c2cc(C(=O)N3CCCC(OCc4ncc(C)n4C)C3)[nH]n2)cc1C. The maximum absolute atomic E-state index is 13.0. The molecule has 2 aromatic heterocycles. The summed E-state index contributed by atoms with van der Waals surface area (Å²) in [7, 11) is 1.99. The Morgan fingerprint density at radius 1 is 1.23 bits per heavy atom. The number of ether oxygens (including phenoxy) is 1. The predicted molar refractivity (Wildman–Crippen MR) is 115 cm³/mol. The third-order valence-electron chi connectivity index (χ3n) is 6.04. The van der Waals surface area contributed by atoms with Gasteiger partial charge in [-0.25, -0.2) is 4.98 Å². The summed E-state index contributed by atoms with van der Waals surface area (Å²) in [5.74, 6) is 0.876. The number of aromatic amines is 1. The summed E-state index contributed by atoms with van der Waals surface area (Å²) in [6.07, 6.45) is 3.74. The monoisotopic (exact) mass is 407 g/mol. The van der Waals surface area contributed by atoms with Gasteiger partial charge < -0.3 is 14.2 Å². The van der Waals surface area contributed by atoms with E-state index in [0.29, 0.717) is 18.8 Å². The van der Waals surface area contributed by atoms with Crippen LogP contribution in [0.3, 0.4) is 0 Å². The molecule has 1 aromatic carbocycles. The van der Waals surface area contributed by atoms with E-state index >= 15 is 0 Å². The predicted octanol–water partition coefficient (Wildman–Crippen LogP) is 3.56. The Hall–Kier alpha value is -2.93. The number of piperidine rings is 1. The number of likely N-dealkylation sites (tertiary alicyclic amines) is 1. The molecule has 3 heterocycles. The first kappa shape index (κ1) is 20.3. The third kappa shape index (κ3) is 4.16. The molecule has 0 radical (unpaired) electrons. The van der Waals surface area contributed by atoms with Crippen LogP contribution in [0, 0.1) is 20.8 Å². The highest BCUT2D eigenvalue weighted by atomic mass is 16.5. The van der Waals surface area contributed by atoms with Crippen molar-refractivity contribution < 1.29 is 9.53 Å². The van der Waals surface area contributed by atoms with Crippen molar-refractivity contribution in [2.75, 3.05) is 13.1 Å². The largest absolute Gasteiger partial charge is 0.368 e. The molecule has 30 heavy (non-hydrogen) atoms. The zero-order valence-electron chi connectivity index (χ0n) is 18.1. The molecule has 1 saturated heterocycles. The number of amides is 1. The lowest BCUT2D eigenvalue weighted by atomic mass is 10.0. The molecule has 0 bridgehead atoms. The molecule has 0 saturated carbocycles. The molecule has 158 valence electrons. The summed E-state index contributed by atoms with van der Waals surface area (Å²) >= 11 is 0. The molecule has 1 atom stereocenters. The van der Waals surface area contributed by atoms with Crippen LogP contribution in [0.25, 0.3) is 11.3 Å². The molecule has 1 amide bonds. The second-order valence-electron chi connectivity index (χ2n) is 8.17. The van der Waals surface area contributed by atoms with Crippen LogP contribution in [0.5, 0.6) is 0 Å². The first-order chi connectivity index (χ1) is 14.4. The number of carbonyl (C=O) groups is 1. The fraction of sp³-hybridized carbons (Fsp3) is 0.435. The number of H-pyrrole nitrogens is 1. The lowest BCUT2D eigenvalue weighted by molar-refractivity contribution is -0.00995. The number of rotatable bonds is 5. The van der Waals surface area contributed by atoms with Gasteiger partial charge in [0.05, 0.1) is 11.8 Å². The van der Waals surface area contributed by atoms with E-state index in [9.17, 15) is 4.79 Å². The normalized spacial score (nSPS) is 16.8. The molecule has 7 nitrogen and oxygen atoms in total. The maximum Gasteiger partial charge on any atom is 0.271 e. The van der Waals surface area contributed by atoms with Gasteiger partial charge in [0.1, 0.15) is 18.1 Å². The first-order valence-electron chi connectivity index (χ1n) is 10.4. The molecule has 3 aromatic rings. The van der Waals surface area contributed by atoms with Gasteiger partial charge in [0.2, 0.25) is 0 Å². The second-order valence-corrected chi connectivity index (χ2v) is 8.17. The summed E-state index contributed by atoms with van der Waals surface area (Å²) in [4.78, 5) is 19.3. The molecule has 0 aliphatic carbocycles. The van der Waals surface area contributed by atoms with Crippen LogP contribution >= 0.6 is 0 Å². The number of nitrogens with one attached hydrogen (secondary N) is 1. The summed E-state index contributed by atoms with van der Waals surface area (Å²) in [5, 5.41) is 7.29. The molecule has 1 aliphatic heterocycles. The van der Waals surface area contributed by atoms with Crippen LogP contribution in [-0.4, -0.2) is 49.7 Å². The Morgan fingerprint density at radius 3 is 2.80 bits per heavy atom. The first-order valence-corrected chi connectivity index (χ1v) is 10.4. The molecule has 7 heteroatoms. The smallest absolute Gasteiger partial charge is 0.271 e. The van der Waals surface area contributed by atoms with E-state index < -0.39 is 0 Å². The Balaban J connectivity index is 1.40. The quantitative estimate of drug-likeness (QED) is 0.702. The second kappa shape index (κ2) is 8.44. The highest BCUT2D eigenvalue weighted by molar-refractivity contribution is 5.93. The van der Waals surface area contributed by atoms with E-state index in [2.05, 4.69) is 41.2 Å². The van der Waals surface area contributed by atoms with Gasteiger partial charge in [-0.15, -0.1) is 0 Å². The van der Waals surface area contributed by atoms with Gasteiger partial charge >= 0.3 is 0 Å². The average molecular weight is 408 g/mol. The Labute approximate surface area is 177 Å². The number of aromatic nitrogens is 4. The van der Waals surface area contributed by atoms with E-state index in [1.807, 2.05) is 41.8 Å². The highest BCUT2D eigenvalue weighted by Crippen LogP contribution is 2.22. The van der Waals surface area contributed by atoms with Crippen LogP contribution in [0.15, 0.2) is 30.5 Å². The van der Waals surface area contributed by atoms with E-state index in [1.165, 1.54) is 11.1 Å². The average Bonchev–Trinajstić information content (AvgIpc) is 3.36. The molecule has 1 fully saturated rings. The Kier molecular flexibility index (Phi) is 5.72. The van der Waals surface area contributed by atoms with Crippen LogP contribution in [0.4, 0.5) is 0 Å². The van der Waals surface area contributed by atoms with E-state index in [0.717, 1.165) is 42.2 Å². The van der Waals surface area contributed by atoms with Gasteiger partial charge in [-0.05, 0) is 56.9 Å². The van der Waals surface area contributed by atoms with Gasteiger partial charge in [-0.1, -0.05) is 12.1 Å². The zero-order chi connectivity index (χ0) is 21.3. The van der Waals surface area contributed by atoms with Crippen LogP contribution in [0.2, 0.25) is 0 Å². The van der Waals surface area contributed by atoms with Crippen LogP contribution in [-0.2, 0) is 18.4 Å². The van der Waals surface area contributed by atoms with Gasteiger partial charge in [-0.3, -0.25) is 9.89 Å². The van der Waals surface area contributed by atoms with Crippen LogP contribution in [0.1, 0.15) is 46.0 Å². The van der Waals surface area contributed by atoms with Crippen molar-refractivity contribution in [3.63, 3.8) is 0 Å². The van der Waals surface area contributed by atoms with Crippen molar-refractivity contribution in [2.45, 2.75) is 46.3 Å². The minimum absolute atomic E-state index is 0.0156. The zero-order valence-corrected chi connectivity index (χ0v) is 18.1. The van der Waals surface area contributed by atoms with Gasteiger partial charge in [0.25, 0.3) is 5.91 Å². The maximum atomic E-state index is 13.0. The van der Waals surface area contributed by atoms with Crippen molar-refractivity contribution in [1.82, 2.24) is 24.6 Å². The summed E-state index contributed by atoms with van der Waals surface area (Å²) < 4.78 is 8.11. The van der Waals surface area contributed by atoms with Crippen molar-refractivity contribution in [3.05, 3.63) is 58.8 Å². The molecule has 1 N–H and O–H groups in total. The Bertz CT molecular complexity index is 1050. The Morgan fingerprint density at radius 2 is 2.07 bits per heavy atom. The van der Waals surface area contributed by atoms with Gasteiger partial charge in [0.15, 0.2) is 0 Å². The van der Waals surface area contributed by atoms with E-state index in [-0.39, 0.29) is 12.0 Å². The van der Waals surface area contributed by atoms with Crippen molar-refractivity contribution in [3.8, 4) is 11.3 Å². The lowest BCUT2D eigenvalue weighted by Crippen LogP contribution is -2.43. The molecule has 1 unspecified atom stereocenters. The van der Waals surface area contributed by atoms with Gasteiger partial charge in [-0.2, -0.15) is 5.10 Å². The van der Waals surface area contributed by atoms with Crippen molar-refractivity contribution >= 4 is 5.91 Å². The number of aryl methyl sites for hydroxylation is 3. The lowest BCUT2D eigenvalue weighted by Gasteiger charge is -2.32. The molecular weight excluding hydrogens is 378 g/mol. The number of nitrogens with zero attached hydrogens (tertiary/aromatic N) is 4. The van der Waals surface area contributed by atoms with E-state index in [1.54, 1.807) is 0 Å². The summed E-state index contributed by atoms with van der Waals surface area (Å²) in [6.45, 7) is 7.96.